The predicted molar refractivity (Wildman–Crippen MR) is 40.0 cm³/mol. The van der Waals surface area contributed by atoms with Crippen molar-refractivity contribution in [1.82, 2.24) is 0 Å². The van der Waals surface area contributed by atoms with Crippen molar-refractivity contribution in [3.8, 4) is 0 Å². The zero-order valence-electron chi connectivity index (χ0n) is 6.38. The minimum Gasteiger partial charge on any atom is -0.375 e. The Bertz CT molecular complexity index is 106. The van der Waals surface area contributed by atoms with Crippen molar-refractivity contribution < 1.29 is 9.47 Å². The maximum atomic E-state index is 5.25. The molecule has 0 bridgehead atoms. The largest absolute Gasteiger partial charge is 0.375 e. The summed E-state index contributed by atoms with van der Waals surface area (Å²) < 4.78 is 10.2. The van der Waals surface area contributed by atoms with Gasteiger partial charge in [0.15, 0.2) is 0 Å². The monoisotopic (exact) mass is 142 g/mol. The highest BCUT2D eigenvalue weighted by molar-refractivity contribution is 4.80. The van der Waals surface area contributed by atoms with Crippen molar-refractivity contribution >= 4 is 0 Å². The molecule has 1 aliphatic heterocycles. The number of hydrogen-bond donors (Lipinski definition) is 0. The van der Waals surface area contributed by atoms with Gasteiger partial charge in [0.1, 0.15) is 6.10 Å². The van der Waals surface area contributed by atoms with Crippen LogP contribution in [0.3, 0.4) is 0 Å². The molecule has 1 aliphatic rings. The van der Waals surface area contributed by atoms with Crippen molar-refractivity contribution in [2.75, 3.05) is 19.8 Å². The molecule has 0 aromatic rings. The van der Waals surface area contributed by atoms with E-state index >= 15 is 0 Å². The normalized spacial score (nSPS) is 23.9. The summed E-state index contributed by atoms with van der Waals surface area (Å²) >= 11 is 0. The smallest absolute Gasteiger partial charge is 0.104 e. The fourth-order valence-corrected chi connectivity index (χ4v) is 0.667. The average Bonchev–Trinajstić information content (AvgIpc) is 2.71. The van der Waals surface area contributed by atoms with Crippen molar-refractivity contribution in [1.29, 1.82) is 0 Å². The molecular weight excluding hydrogens is 128 g/mol. The summed E-state index contributed by atoms with van der Waals surface area (Å²) in [5.41, 5.74) is 0. The van der Waals surface area contributed by atoms with E-state index < -0.39 is 0 Å². The van der Waals surface area contributed by atoms with E-state index in [2.05, 4.69) is 13.0 Å². The number of rotatable bonds is 5. The molecule has 1 fully saturated rings. The Labute approximate surface area is 61.8 Å². The molecule has 0 radical (unpaired) electrons. The van der Waals surface area contributed by atoms with Gasteiger partial charge in [-0.05, 0) is 6.42 Å². The van der Waals surface area contributed by atoms with Crippen LogP contribution < -0.4 is 0 Å². The van der Waals surface area contributed by atoms with E-state index in [1.54, 1.807) is 0 Å². The molecule has 0 aliphatic carbocycles. The van der Waals surface area contributed by atoms with Gasteiger partial charge in [0, 0.05) is 0 Å². The molecule has 2 heteroatoms. The fourth-order valence-electron chi connectivity index (χ4n) is 0.667. The second kappa shape index (κ2) is 4.47. The standard InChI is InChI=1S/C8H14O2/c1-2-3-4-5-9-6-8-7-10-8/h3-4,8H,2,5-7H2,1H3/b4-3-. The van der Waals surface area contributed by atoms with Crippen molar-refractivity contribution in [3.05, 3.63) is 12.2 Å². The van der Waals surface area contributed by atoms with Crippen LogP contribution in [0.25, 0.3) is 0 Å². The molecule has 0 spiro atoms. The topological polar surface area (TPSA) is 21.8 Å². The summed E-state index contributed by atoms with van der Waals surface area (Å²) in [7, 11) is 0. The molecule has 10 heavy (non-hydrogen) atoms. The number of allylic oxidation sites excluding steroid dienone is 1. The molecule has 0 N–H and O–H groups in total. The van der Waals surface area contributed by atoms with Gasteiger partial charge >= 0.3 is 0 Å². The third kappa shape index (κ3) is 3.64. The van der Waals surface area contributed by atoms with E-state index in [0.717, 1.165) is 26.2 Å². The highest BCUT2D eigenvalue weighted by Crippen LogP contribution is 2.07. The summed E-state index contributed by atoms with van der Waals surface area (Å²) in [4.78, 5) is 0. The van der Waals surface area contributed by atoms with Crippen LogP contribution in [0.2, 0.25) is 0 Å². The molecule has 2 nitrogen and oxygen atoms in total. The molecule has 1 unspecified atom stereocenters. The van der Waals surface area contributed by atoms with Crippen LogP contribution >= 0.6 is 0 Å². The van der Waals surface area contributed by atoms with Gasteiger partial charge in [-0.2, -0.15) is 0 Å². The first-order chi connectivity index (χ1) is 4.93. The highest BCUT2D eigenvalue weighted by Gasteiger charge is 2.21. The SMILES string of the molecule is CC/C=C\COCC1CO1. The van der Waals surface area contributed by atoms with Gasteiger partial charge in [-0.15, -0.1) is 0 Å². The van der Waals surface area contributed by atoms with Gasteiger partial charge in [-0.1, -0.05) is 19.1 Å². The van der Waals surface area contributed by atoms with Crippen LogP contribution in [-0.2, 0) is 9.47 Å². The Balaban J connectivity index is 1.80. The maximum Gasteiger partial charge on any atom is 0.104 e. The summed E-state index contributed by atoms with van der Waals surface area (Å²) in [6, 6.07) is 0. The summed E-state index contributed by atoms with van der Waals surface area (Å²) in [5, 5.41) is 0. The van der Waals surface area contributed by atoms with E-state index in [1.807, 2.05) is 6.08 Å². The lowest BCUT2D eigenvalue weighted by Gasteiger charge is -1.94. The van der Waals surface area contributed by atoms with Crippen LogP contribution in [0.15, 0.2) is 12.2 Å². The average molecular weight is 142 g/mol. The van der Waals surface area contributed by atoms with E-state index in [1.165, 1.54) is 0 Å². The van der Waals surface area contributed by atoms with Crippen LogP contribution in [-0.4, -0.2) is 25.9 Å². The minimum absolute atomic E-state index is 0.398. The van der Waals surface area contributed by atoms with Gasteiger partial charge < -0.3 is 9.47 Å². The molecule has 1 rings (SSSR count). The summed E-state index contributed by atoms with van der Waals surface area (Å²) in [6.45, 7) is 4.49. The zero-order chi connectivity index (χ0) is 7.23. The number of hydrogen-bond acceptors (Lipinski definition) is 2. The molecule has 1 heterocycles. The summed E-state index contributed by atoms with van der Waals surface area (Å²) in [5.74, 6) is 0. The van der Waals surface area contributed by atoms with Crippen LogP contribution in [0, 0.1) is 0 Å². The van der Waals surface area contributed by atoms with E-state index in [4.69, 9.17) is 9.47 Å². The lowest BCUT2D eigenvalue weighted by atomic mass is 10.4. The van der Waals surface area contributed by atoms with Gasteiger partial charge in [0.05, 0.1) is 19.8 Å². The molecular formula is C8H14O2. The van der Waals surface area contributed by atoms with Gasteiger partial charge in [-0.3, -0.25) is 0 Å². The van der Waals surface area contributed by atoms with Crippen molar-refractivity contribution in [2.45, 2.75) is 19.4 Å². The molecule has 0 aromatic heterocycles. The Hall–Kier alpha value is -0.340. The van der Waals surface area contributed by atoms with Crippen molar-refractivity contribution in [3.63, 3.8) is 0 Å². The Morgan fingerprint density at radius 1 is 1.60 bits per heavy atom. The predicted octanol–water partition coefficient (Wildman–Crippen LogP) is 1.37. The number of ether oxygens (including phenoxy) is 2. The molecule has 58 valence electrons. The molecule has 1 saturated heterocycles. The van der Waals surface area contributed by atoms with Crippen molar-refractivity contribution in [2.24, 2.45) is 0 Å². The molecule has 0 amide bonds. The first kappa shape index (κ1) is 7.76. The van der Waals surface area contributed by atoms with Crippen LogP contribution in [0.1, 0.15) is 13.3 Å². The second-order valence-electron chi connectivity index (χ2n) is 2.37. The van der Waals surface area contributed by atoms with E-state index in [-0.39, 0.29) is 0 Å². The lowest BCUT2D eigenvalue weighted by molar-refractivity contribution is 0.141. The third-order valence-corrected chi connectivity index (χ3v) is 1.32. The maximum absolute atomic E-state index is 5.25. The molecule has 0 aromatic carbocycles. The first-order valence-corrected chi connectivity index (χ1v) is 3.78. The lowest BCUT2D eigenvalue weighted by Crippen LogP contribution is -2.00. The van der Waals surface area contributed by atoms with Crippen LogP contribution in [0.5, 0.6) is 0 Å². The highest BCUT2D eigenvalue weighted by atomic mass is 16.6. The zero-order valence-corrected chi connectivity index (χ0v) is 6.38. The first-order valence-electron chi connectivity index (χ1n) is 3.78. The Morgan fingerprint density at radius 3 is 3.00 bits per heavy atom. The fraction of sp³-hybridized carbons (Fsp3) is 0.750. The third-order valence-electron chi connectivity index (χ3n) is 1.32. The number of epoxide rings is 1. The Kier molecular flexibility index (Phi) is 3.47. The molecule has 1 atom stereocenters. The summed E-state index contributed by atoms with van der Waals surface area (Å²) in [6.07, 6.45) is 5.63. The van der Waals surface area contributed by atoms with Crippen LogP contribution in [0.4, 0.5) is 0 Å². The Morgan fingerprint density at radius 2 is 2.40 bits per heavy atom. The van der Waals surface area contributed by atoms with Gasteiger partial charge in [-0.25, -0.2) is 0 Å². The van der Waals surface area contributed by atoms with Gasteiger partial charge in [0.2, 0.25) is 0 Å². The minimum atomic E-state index is 0.398. The van der Waals surface area contributed by atoms with E-state index in [9.17, 15) is 0 Å². The second-order valence-corrected chi connectivity index (χ2v) is 2.37. The molecule has 0 saturated carbocycles. The van der Waals surface area contributed by atoms with Gasteiger partial charge in [0.25, 0.3) is 0 Å². The van der Waals surface area contributed by atoms with E-state index in [0.29, 0.717) is 6.10 Å². The quantitative estimate of drug-likeness (QED) is 0.328.